The van der Waals surface area contributed by atoms with Crippen LogP contribution in [0, 0.1) is 0 Å². The molecule has 412 valence electrons. The Labute approximate surface area is 449 Å². The van der Waals surface area contributed by atoms with Crippen LogP contribution in [0.5, 0.6) is 0 Å². The summed E-state index contributed by atoms with van der Waals surface area (Å²) in [7, 11) is 0. The molecule has 0 heterocycles. The van der Waals surface area contributed by atoms with E-state index in [1.165, 1.54) is 77.0 Å². The van der Waals surface area contributed by atoms with Crippen molar-refractivity contribution in [2.75, 3.05) is 13.2 Å². The second-order valence-electron chi connectivity index (χ2n) is 19.3. The van der Waals surface area contributed by atoms with E-state index < -0.39 is 6.10 Å². The Morgan fingerprint density at radius 2 is 0.616 bits per heavy atom. The number of allylic oxidation sites excluding steroid dienone is 22. The van der Waals surface area contributed by atoms with Gasteiger partial charge in [-0.05, 0) is 109 Å². The highest BCUT2D eigenvalue weighted by atomic mass is 16.6. The quantitative estimate of drug-likeness (QED) is 0.0199. The zero-order valence-corrected chi connectivity index (χ0v) is 47.1. The Morgan fingerprint density at radius 1 is 0.301 bits per heavy atom. The van der Waals surface area contributed by atoms with Gasteiger partial charge in [0.05, 0.1) is 0 Å². The van der Waals surface area contributed by atoms with E-state index in [9.17, 15) is 14.4 Å². The van der Waals surface area contributed by atoms with E-state index in [2.05, 4.69) is 130 Å². The van der Waals surface area contributed by atoms with Crippen molar-refractivity contribution in [2.24, 2.45) is 0 Å². The lowest BCUT2D eigenvalue weighted by Crippen LogP contribution is -2.30. The van der Waals surface area contributed by atoms with E-state index in [0.717, 1.165) is 135 Å². The van der Waals surface area contributed by atoms with E-state index >= 15 is 0 Å². The third kappa shape index (κ3) is 58.3. The Bertz CT molecular complexity index is 1580. The van der Waals surface area contributed by atoms with Crippen LogP contribution in [-0.4, -0.2) is 37.2 Å². The molecular formula is C67H108O6. The number of unbranched alkanes of at least 4 members (excludes halogenated alkanes) is 23. The van der Waals surface area contributed by atoms with Gasteiger partial charge in [-0.1, -0.05) is 257 Å². The summed E-state index contributed by atoms with van der Waals surface area (Å²) in [5.41, 5.74) is 0. The maximum Gasteiger partial charge on any atom is 0.306 e. The first kappa shape index (κ1) is 68.6. The molecule has 0 aromatic carbocycles. The molecule has 0 spiro atoms. The lowest BCUT2D eigenvalue weighted by atomic mass is 10.1. The van der Waals surface area contributed by atoms with Crippen molar-refractivity contribution >= 4 is 17.9 Å². The highest BCUT2D eigenvalue weighted by Crippen LogP contribution is 2.14. The monoisotopic (exact) mass is 1010 g/mol. The van der Waals surface area contributed by atoms with Gasteiger partial charge >= 0.3 is 17.9 Å². The minimum absolute atomic E-state index is 0.108. The summed E-state index contributed by atoms with van der Waals surface area (Å²) in [6.07, 6.45) is 84.3. The van der Waals surface area contributed by atoms with Crippen LogP contribution < -0.4 is 0 Å². The molecule has 0 rings (SSSR count). The van der Waals surface area contributed by atoms with Gasteiger partial charge in [-0.3, -0.25) is 14.4 Å². The van der Waals surface area contributed by atoms with Gasteiger partial charge in [0.15, 0.2) is 6.10 Å². The largest absolute Gasteiger partial charge is 0.462 e. The summed E-state index contributed by atoms with van der Waals surface area (Å²) in [5, 5.41) is 0. The molecule has 0 N–H and O–H groups in total. The summed E-state index contributed by atoms with van der Waals surface area (Å²) in [4.78, 5) is 38.2. The highest BCUT2D eigenvalue weighted by Gasteiger charge is 2.19. The Kier molecular flexibility index (Phi) is 56.4. The molecule has 73 heavy (non-hydrogen) atoms. The third-order valence-electron chi connectivity index (χ3n) is 12.2. The van der Waals surface area contributed by atoms with Gasteiger partial charge in [0.1, 0.15) is 13.2 Å². The van der Waals surface area contributed by atoms with E-state index in [1.807, 2.05) is 24.3 Å². The smallest absolute Gasteiger partial charge is 0.306 e. The number of ether oxygens (including phenoxy) is 3. The van der Waals surface area contributed by atoms with E-state index in [1.54, 1.807) is 0 Å². The van der Waals surface area contributed by atoms with Crippen molar-refractivity contribution in [3.05, 3.63) is 134 Å². The summed E-state index contributed by atoms with van der Waals surface area (Å²) in [6.45, 7) is 6.38. The summed E-state index contributed by atoms with van der Waals surface area (Å²) in [6, 6.07) is 0. The average Bonchev–Trinajstić information content (AvgIpc) is 3.39. The fourth-order valence-corrected chi connectivity index (χ4v) is 7.79. The molecule has 0 aliphatic rings. The van der Waals surface area contributed by atoms with Gasteiger partial charge in [-0.2, -0.15) is 0 Å². The van der Waals surface area contributed by atoms with E-state index in [4.69, 9.17) is 14.2 Å². The molecule has 0 aromatic heterocycles. The fourth-order valence-electron chi connectivity index (χ4n) is 7.79. The van der Waals surface area contributed by atoms with Gasteiger partial charge in [-0.25, -0.2) is 0 Å². The number of rotatable bonds is 52. The van der Waals surface area contributed by atoms with Crippen molar-refractivity contribution in [3.8, 4) is 0 Å². The molecule has 6 heteroatoms. The molecule has 0 radical (unpaired) electrons. The molecule has 0 aliphatic carbocycles. The number of carbonyl (C=O) groups is 3. The van der Waals surface area contributed by atoms with Gasteiger partial charge in [0, 0.05) is 19.3 Å². The average molecular weight is 1010 g/mol. The van der Waals surface area contributed by atoms with Crippen molar-refractivity contribution in [2.45, 2.75) is 258 Å². The van der Waals surface area contributed by atoms with Crippen LogP contribution in [0.25, 0.3) is 0 Å². The molecule has 0 fully saturated rings. The first-order chi connectivity index (χ1) is 36.0. The van der Waals surface area contributed by atoms with E-state index in [0.29, 0.717) is 12.8 Å². The minimum atomic E-state index is -0.815. The standard InChI is InChI=1S/C67H108O6/c1-4-7-10-13-16-19-22-25-28-31-34-37-39-42-45-48-51-54-57-60-66(69)72-63-64(73-67(70)61-58-55-52-49-46-43-40-36-33-30-27-24-21-18-15-12-9-6-3)62-71-65(68)59-56-53-50-47-44-41-38-35-32-29-26-23-20-17-14-11-8-5-2/h7,10,12,15-16,18-19,21,24-25,27-28,30,33-38,40,42,45,64H,4-6,8-9,11,13-14,17,20,22-23,26,29,31-32,39,41,43-44,46-63H2,1-3H3/b10-7-,15-12-,19-16-,21-18-,27-24-,28-25-,33-30-,37-34-,38-35-,40-36-,45-42-. The summed E-state index contributed by atoms with van der Waals surface area (Å²) in [5.74, 6) is -0.975. The Balaban J connectivity index is 4.54. The lowest BCUT2D eigenvalue weighted by molar-refractivity contribution is -0.167. The molecule has 1 unspecified atom stereocenters. The zero-order valence-electron chi connectivity index (χ0n) is 47.1. The topological polar surface area (TPSA) is 78.9 Å². The van der Waals surface area contributed by atoms with Crippen molar-refractivity contribution in [3.63, 3.8) is 0 Å². The number of hydrogen-bond donors (Lipinski definition) is 0. The predicted molar refractivity (Wildman–Crippen MR) is 316 cm³/mol. The number of esters is 3. The maximum atomic E-state index is 12.9. The normalized spacial score (nSPS) is 13.1. The van der Waals surface area contributed by atoms with Gasteiger partial charge in [0.2, 0.25) is 0 Å². The SMILES string of the molecule is CC/C=C\C/C=C\C/C=C\C/C=C\C/C=C\CCCCCC(=O)OCC(COC(=O)CCCCCCC/C=C\CCCCCCCCCCC)OC(=O)CCCCCCC\C=C/C=C\C=C/C=C\C=C/CCC. The second kappa shape index (κ2) is 60.1. The molecule has 0 aromatic rings. The summed E-state index contributed by atoms with van der Waals surface area (Å²) < 4.78 is 16.8. The molecule has 0 bridgehead atoms. The number of carbonyl (C=O) groups excluding carboxylic acids is 3. The Hall–Kier alpha value is -4.45. The Morgan fingerprint density at radius 3 is 1.04 bits per heavy atom. The predicted octanol–water partition coefficient (Wildman–Crippen LogP) is 20.2. The van der Waals surface area contributed by atoms with Crippen molar-refractivity contribution < 1.29 is 28.6 Å². The lowest BCUT2D eigenvalue weighted by Gasteiger charge is -2.18. The van der Waals surface area contributed by atoms with Crippen LogP contribution in [0.3, 0.4) is 0 Å². The zero-order chi connectivity index (χ0) is 52.9. The minimum Gasteiger partial charge on any atom is -0.462 e. The van der Waals surface area contributed by atoms with E-state index in [-0.39, 0.29) is 37.5 Å². The molecular weight excluding hydrogens is 901 g/mol. The van der Waals surface area contributed by atoms with Crippen molar-refractivity contribution in [1.29, 1.82) is 0 Å². The molecule has 0 saturated carbocycles. The van der Waals surface area contributed by atoms with Gasteiger partial charge in [0.25, 0.3) is 0 Å². The second-order valence-corrected chi connectivity index (χ2v) is 19.3. The molecule has 1 atom stereocenters. The first-order valence-electron chi connectivity index (χ1n) is 29.8. The highest BCUT2D eigenvalue weighted by molar-refractivity contribution is 5.71. The molecule has 6 nitrogen and oxygen atoms in total. The van der Waals surface area contributed by atoms with Crippen LogP contribution in [0.15, 0.2) is 134 Å². The third-order valence-corrected chi connectivity index (χ3v) is 12.2. The van der Waals surface area contributed by atoms with Crippen LogP contribution in [0.4, 0.5) is 0 Å². The maximum absolute atomic E-state index is 12.9. The van der Waals surface area contributed by atoms with Crippen LogP contribution in [0.1, 0.15) is 252 Å². The molecule has 0 amide bonds. The first-order valence-corrected chi connectivity index (χ1v) is 29.8. The van der Waals surface area contributed by atoms with Gasteiger partial charge in [-0.15, -0.1) is 0 Å². The van der Waals surface area contributed by atoms with Crippen molar-refractivity contribution in [1.82, 2.24) is 0 Å². The number of hydrogen-bond acceptors (Lipinski definition) is 6. The van der Waals surface area contributed by atoms with Crippen LogP contribution >= 0.6 is 0 Å². The molecule has 0 saturated heterocycles. The van der Waals surface area contributed by atoms with Crippen LogP contribution in [-0.2, 0) is 28.6 Å². The van der Waals surface area contributed by atoms with Gasteiger partial charge < -0.3 is 14.2 Å². The van der Waals surface area contributed by atoms with Crippen LogP contribution in [0.2, 0.25) is 0 Å². The summed E-state index contributed by atoms with van der Waals surface area (Å²) >= 11 is 0. The fraction of sp³-hybridized carbons (Fsp3) is 0.627. The molecule has 0 aliphatic heterocycles.